The molecule has 0 saturated heterocycles. The topological polar surface area (TPSA) is 21.3 Å². The number of methoxy groups -OCH3 is 1. The molecule has 0 aromatic heterocycles. The van der Waals surface area contributed by atoms with Crippen molar-refractivity contribution in [3.05, 3.63) is 22.7 Å². The van der Waals surface area contributed by atoms with Crippen molar-refractivity contribution in [3.8, 4) is 5.75 Å². The lowest BCUT2D eigenvalue weighted by Gasteiger charge is -2.31. The fourth-order valence-corrected chi connectivity index (χ4v) is 3.04. The number of nitrogens with one attached hydrogen (secondary N) is 1. The maximum Gasteiger partial charge on any atom is 0.391 e. The molecule has 2 nitrogen and oxygen atoms in total. The first-order chi connectivity index (χ1) is 9.38. The van der Waals surface area contributed by atoms with Crippen LogP contribution in [-0.4, -0.2) is 19.3 Å². The van der Waals surface area contributed by atoms with E-state index in [1.54, 1.807) is 7.11 Å². The molecule has 1 aromatic rings. The van der Waals surface area contributed by atoms with Crippen LogP contribution >= 0.6 is 15.9 Å². The van der Waals surface area contributed by atoms with Gasteiger partial charge in [0, 0.05) is 22.3 Å². The zero-order chi connectivity index (χ0) is 14.8. The van der Waals surface area contributed by atoms with Crippen molar-refractivity contribution >= 4 is 21.6 Å². The summed E-state index contributed by atoms with van der Waals surface area (Å²) in [5.41, 5.74) is 0.867. The van der Waals surface area contributed by atoms with E-state index in [4.69, 9.17) is 4.74 Å². The highest BCUT2D eigenvalue weighted by Crippen LogP contribution is 2.38. The Morgan fingerprint density at radius 3 is 2.35 bits per heavy atom. The van der Waals surface area contributed by atoms with Gasteiger partial charge in [-0.15, -0.1) is 0 Å². The molecule has 1 aliphatic carbocycles. The normalized spacial score (nSPS) is 23.4. The zero-order valence-electron chi connectivity index (χ0n) is 11.1. The number of alkyl halides is 3. The van der Waals surface area contributed by atoms with E-state index >= 15 is 0 Å². The monoisotopic (exact) mass is 351 g/mol. The summed E-state index contributed by atoms with van der Waals surface area (Å²) in [6.07, 6.45) is -2.57. The van der Waals surface area contributed by atoms with Gasteiger partial charge in [-0.3, -0.25) is 0 Å². The first-order valence-electron chi connectivity index (χ1n) is 6.56. The fourth-order valence-electron chi connectivity index (χ4n) is 2.56. The Kier molecular flexibility index (Phi) is 4.83. The molecule has 0 aliphatic heterocycles. The molecule has 112 valence electrons. The summed E-state index contributed by atoms with van der Waals surface area (Å²) in [5, 5.41) is 3.29. The maximum absolute atomic E-state index is 12.6. The van der Waals surface area contributed by atoms with Crippen molar-refractivity contribution in [2.24, 2.45) is 5.92 Å². The van der Waals surface area contributed by atoms with Gasteiger partial charge >= 0.3 is 6.18 Å². The second-order valence-electron chi connectivity index (χ2n) is 5.11. The average Bonchev–Trinajstić information content (AvgIpc) is 2.37. The fraction of sp³-hybridized carbons (Fsp3) is 0.571. The van der Waals surface area contributed by atoms with Crippen LogP contribution in [0.2, 0.25) is 0 Å². The van der Waals surface area contributed by atoms with Gasteiger partial charge in [0.05, 0.1) is 13.0 Å². The summed E-state index contributed by atoms with van der Waals surface area (Å²) in [5.74, 6) is -0.427. The van der Waals surface area contributed by atoms with Crippen molar-refractivity contribution in [2.45, 2.75) is 37.9 Å². The van der Waals surface area contributed by atoms with Crippen LogP contribution in [0.3, 0.4) is 0 Å². The summed E-state index contributed by atoms with van der Waals surface area (Å²) < 4.78 is 43.9. The van der Waals surface area contributed by atoms with E-state index < -0.39 is 12.1 Å². The lowest BCUT2D eigenvalue weighted by molar-refractivity contribution is -0.182. The van der Waals surface area contributed by atoms with E-state index in [2.05, 4.69) is 21.2 Å². The molecule has 0 spiro atoms. The molecule has 20 heavy (non-hydrogen) atoms. The standard InChI is InChI=1S/C14H17BrF3NO/c1-20-13-7-10(15)6-12(8-13)19-11-4-2-9(3-5-11)14(16,17)18/h6-9,11,19H,2-5H2,1H3. The van der Waals surface area contributed by atoms with Gasteiger partial charge in [-0.2, -0.15) is 13.2 Å². The number of anilines is 1. The minimum Gasteiger partial charge on any atom is -0.497 e. The van der Waals surface area contributed by atoms with E-state index in [1.165, 1.54) is 0 Å². The number of rotatable bonds is 3. The van der Waals surface area contributed by atoms with Crippen molar-refractivity contribution in [2.75, 3.05) is 12.4 Å². The molecule has 1 N–H and O–H groups in total. The molecule has 1 aromatic carbocycles. The summed E-state index contributed by atoms with van der Waals surface area (Å²) in [7, 11) is 1.58. The van der Waals surface area contributed by atoms with Crippen molar-refractivity contribution in [3.63, 3.8) is 0 Å². The minimum atomic E-state index is -4.05. The van der Waals surface area contributed by atoms with Crippen molar-refractivity contribution in [1.82, 2.24) is 0 Å². The molecule has 0 amide bonds. The Balaban J connectivity index is 1.94. The molecule has 0 bridgehead atoms. The maximum atomic E-state index is 12.6. The molecule has 1 saturated carbocycles. The largest absolute Gasteiger partial charge is 0.497 e. The predicted molar refractivity (Wildman–Crippen MR) is 76.1 cm³/mol. The summed E-state index contributed by atoms with van der Waals surface area (Å²) in [6, 6.07) is 5.68. The van der Waals surface area contributed by atoms with Gasteiger partial charge in [-0.25, -0.2) is 0 Å². The van der Waals surface area contributed by atoms with Gasteiger partial charge in [0.1, 0.15) is 5.75 Å². The number of hydrogen-bond donors (Lipinski definition) is 1. The van der Waals surface area contributed by atoms with Crippen LogP contribution in [0.1, 0.15) is 25.7 Å². The van der Waals surface area contributed by atoms with E-state index in [0.717, 1.165) is 10.2 Å². The highest BCUT2D eigenvalue weighted by molar-refractivity contribution is 9.10. The SMILES string of the molecule is COc1cc(Br)cc(NC2CCC(C(F)(F)F)CC2)c1. The van der Waals surface area contributed by atoms with Crippen LogP contribution in [0.5, 0.6) is 5.75 Å². The molecule has 2 rings (SSSR count). The smallest absolute Gasteiger partial charge is 0.391 e. The van der Waals surface area contributed by atoms with E-state index in [0.29, 0.717) is 18.6 Å². The third-order valence-corrected chi connectivity index (χ3v) is 4.13. The molecular weight excluding hydrogens is 335 g/mol. The van der Waals surface area contributed by atoms with Gasteiger partial charge in [-0.05, 0) is 37.8 Å². The summed E-state index contributed by atoms with van der Waals surface area (Å²) in [4.78, 5) is 0. The minimum absolute atomic E-state index is 0.0904. The molecule has 1 fully saturated rings. The number of benzene rings is 1. The van der Waals surface area contributed by atoms with Crippen LogP contribution in [0.4, 0.5) is 18.9 Å². The molecule has 6 heteroatoms. The van der Waals surface area contributed by atoms with Crippen LogP contribution in [0.15, 0.2) is 22.7 Å². The number of hydrogen-bond acceptors (Lipinski definition) is 2. The van der Waals surface area contributed by atoms with Crippen LogP contribution in [0, 0.1) is 5.92 Å². The quantitative estimate of drug-likeness (QED) is 0.828. The second kappa shape index (κ2) is 6.24. The highest BCUT2D eigenvalue weighted by Gasteiger charge is 2.41. The van der Waals surface area contributed by atoms with Gasteiger partial charge < -0.3 is 10.1 Å². The molecule has 0 radical (unpaired) electrons. The summed E-state index contributed by atoms with van der Waals surface area (Å²) >= 11 is 3.39. The number of halogens is 4. The summed E-state index contributed by atoms with van der Waals surface area (Å²) in [6.45, 7) is 0. The third-order valence-electron chi connectivity index (χ3n) is 3.67. The zero-order valence-corrected chi connectivity index (χ0v) is 12.7. The molecule has 0 atom stereocenters. The molecule has 0 heterocycles. The van der Waals surface area contributed by atoms with Crippen molar-refractivity contribution in [1.29, 1.82) is 0 Å². The van der Waals surface area contributed by atoms with Crippen LogP contribution < -0.4 is 10.1 Å². The van der Waals surface area contributed by atoms with Crippen molar-refractivity contribution < 1.29 is 17.9 Å². The lowest BCUT2D eigenvalue weighted by atomic mass is 9.85. The van der Waals surface area contributed by atoms with Gasteiger partial charge in [0.25, 0.3) is 0 Å². The van der Waals surface area contributed by atoms with Gasteiger partial charge in [0.2, 0.25) is 0 Å². The first kappa shape index (κ1) is 15.5. The van der Waals surface area contributed by atoms with E-state index in [1.807, 2.05) is 18.2 Å². The Morgan fingerprint density at radius 1 is 1.15 bits per heavy atom. The van der Waals surface area contributed by atoms with E-state index in [-0.39, 0.29) is 18.9 Å². The van der Waals surface area contributed by atoms with Gasteiger partial charge in [0.15, 0.2) is 0 Å². The molecule has 0 unspecified atom stereocenters. The van der Waals surface area contributed by atoms with E-state index in [9.17, 15) is 13.2 Å². The Hall–Kier alpha value is -0.910. The van der Waals surface area contributed by atoms with Crippen LogP contribution in [-0.2, 0) is 0 Å². The second-order valence-corrected chi connectivity index (χ2v) is 6.03. The van der Waals surface area contributed by atoms with Gasteiger partial charge in [-0.1, -0.05) is 15.9 Å². The Labute approximate surface area is 124 Å². The number of ether oxygens (including phenoxy) is 1. The molecular formula is C14H17BrF3NO. The lowest BCUT2D eigenvalue weighted by Crippen LogP contribution is -2.32. The first-order valence-corrected chi connectivity index (χ1v) is 7.35. The highest BCUT2D eigenvalue weighted by atomic mass is 79.9. The Morgan fingerprint density at radius 2 is 1.80 bits per heavy atom. The predicted octanol–water partition coefficient (Wildman–Crippen LogP) is 4.99. The Bertz CT molecular complexity index is 456. The van der Waals surface area contributed by atoms with Crippen LogP contribution in [0.25, 0.3) is 0 Å². The average molecular weight is 352 g/mol. The molecule has 1 aliphatic rings. The third kappa shape index (κ3) is 4.04.